The molecule has 6 nitrogen and oxygen atoms in total. The second-order valence-corrected chi connectivity index (χ2v) is 19.1. The van der Waals surface area contributed by atoms with Gasteiger partial charge in [0.1, 0.15) is 13.2 Å². The Morgan fingerprint density at radius 1 is 0.253 bits per heavy atom. The Labute approximate surface area is 483 Å². The highest BCUT2D eigenvalue weighted by molar-refractivity contribution is 5.71. The molecule has 0 aromatic heterocycles. The first kappa shape index (κ1) is 73.0. The van der Waals surface area contributed by atoms with E-state index in [-0.39, 0.29) is 38.0 Å². The molecule has 0 bridgehead atoms. The van der Waals surface area contributed by atoms with Crippen LogP contribution in [0, 0.1) is 0 Å². The number of esters is 3. The summed E-state index contributed by atoms with van der Waals surface area (Å²) < 4.78 is 16.7. The third-order valence-electron chi connectivity index (χ3n) is 11.8. The Balaban J connectivity index is 4.58. The summed E-state index contributed by atoms with van der Waals surface area (Å²) in [5, 5.41) is 0. The fraction of sp³-hybridized carbons (Fsp3) is 0.493. The lowest BCUT2D eigenvalue weighted by atomic mass is 10.1. The molecule has 0 aromatic carbocycles. The van der Waals surface area contributed by atoms with Crippen LogP contribution in [0.5, 0.6) is 0 Å². The van der Waals surface area contributed by atoms with Crippen molar-refractivity contribution in [3.05, 3.63) is 207 Å². The van der Waals surface area contributed by atoms with Crippen molar-refractivity contribution in [2.24, 2.45) is 0 Å². The minimum absolute atomic E-state index is 0.144. The normalized spacial score (nSPS) is 13.6. The SMILES string of the molecule is CC/C=C\C/C=C\C/C=C\C/C=C\C/C=C\C/C=C\C/C=C\CCCC(=O)OC(COC(=O)CC/C=C\C/C=C\C/C=C\C/C=C\CC)COC(=O)CCCCCCCC/C=C\C/C=C\C/C=C\C/C=C\C/C=C\C/C=C\CC. The lowest BCUT2D eigenvalue weighted by Gasteiger charge is -2.18. The van der Waals surface area contributed by atoms with E-state index in [0.717, 1.165) is 148 Å². The molecule has 0 aliphatic rings. The number of hydrogen-bond donors (Lipinski definition) is 0. The van der Waals surface area contributed by atoms with Crippen molar-refractivity contribution in [1.82, 2.24) is 0 Å². The van der Waals surface area contributed by atoms with Crippen molar-refractivity contribution in [3.8, 4) is 0 Å². The highest BCUT2D eigenvalue weighted by Crippen LogP contribution is 2.12. The van der Waals surface area contributed by atoms with Crippen molar-refractivity contribution in [3.63, 3.8) is 0 Å². The van der Waals surface area contributed by atoms with Gasteiger partial charge in [-0.15, -0.1) is 0 Å². The van der Waals surface area contributed by atoms with Crippen LogP contribution in [-0.4, -0.2) is 37.2 Å². The molecule has 0 N–H and O–H groups in total. The average Bonchev–Trinajstić information content (AvgIpc) is 3.45. The predicted octanol–water partition coefficient (Wildman–Crippen LogP) is 21.2. The Morgan fingerprint density at radius 2 is 0.494 bits per heavy atom. The summed E-state index contributed by atoms with van der Waals surface area (Å²) in [6.45, 7) is 6.14. The quantitative estimate of drug-likeness (QED) is 0.0261. The van der Waals surface area contributed by atoms with Gasteiger partial charge in [0.2, 0.25) is 0 Å². The summed E-state index contributed by atoms with van der Waals surface area (Å²) in [6, 6.07) is 0. The van der Waals surface area contributed by atoms with Crippen LogP contribution in [0.15, 0.2) is 207 Å². The van der Waals surface area contributed by atoms with Crippen LogP contribution in [0.2, 0.25) is 0 Å². The van der Waals surface area contributed by atoms with E-state index in [1.54, 1.807) is 0 Å². The summed E-state index contributed by atoms with van der Waals surface area (Å²) in [5.74, 6) is -1.12. The van der Waals surface area contributed by atoms with Crippen LogP contribution in [0.1, 0.15) is 213 Å². The monoisotopic (exact) mass is 1080 g/mol. The van der Waals surface area contributed by atoms with Gasteiger partial charge in [-0.1, -0.05) is 253 Å². The topological polar surface area (TPSA) is 78.9 Å². The molecule has 1 unspecified atom stereocenters. The van der Waals surface area contributed by atoms with Crippen molar-refractivity contribution in [1.29, 1.82) is 0 Å². The number of carbonyl (C=O) groups is 3. The number of allylic oxidation sites excluding steroid dienone is 34. The molecule has 436 valence electrons. The number of unbranched alkanes of at least 4 members (excludes halogenated alkanes) is 7. The van der Waals surface area contributed by atoms with E-state index in [2.05, 4.69) is 215 Å². The third-order valence-corrected chi connectivity index (χ3v) is 11.8. The average molecular weight is 1080 g/mol. The fourth-order valence-corrected chi connectivity index (χ4v) is 7.33. The molecule has 0 heterocycles. The van der Waals surface area contributed by atoms with Crippen LogP contribution < -0.4 is 0 Å². The van der Waals surface area contributed by atoms with Crippen molar-refractivity contribution in [2.45, 2.75) is 219 Å². The van der Waals surface area contributed by atoms with E-state index in [0.29, 0.717) is 19.3 Å². The number of ether oxygens (including phenoxy) is 3. The smallest absolute Gasteiger partial charge is 0.306 e. The minimum Gasteiger partial charge on any atom is -0.462 e. The summed E-state index contributed by atoms with van der Waals surface area (Å²) in [7, 11) is 0. The van der Waals surface area contributed by atoms with Crippen LogP contribution in [0.25, 0.3) is 0 Å². The van der Waals surface area contributed by atoms with Gasteiger partial charge in [-0.05, 0) is 148 Å². The molecule has 0 saturated carbocycles. The molecule has 0 aliphatic carbocycles. The molecule has 0 amide bonds. The molecule has 79 heavy (non-hydrogen) atoms. The first-order chi connectivity index (χ1) is 39.0. The van der Waals surface area contributed by atoms with E-state index >= 15 is 0 Å². The Morgan fingerprint density at radius 3 is 0.823 bits per heavy atom. The van der Waals surface area contributed by atoms with E-state index in [1.807, 2.05) is 12.2 Å². The molecule has 0 saturated heterocycles. The summed E-state index contributed by atoms with van der Waals surface area (Å²) in [4.78, 5) is 38.2. The first-order valence-electron chi connectivity index (χ1n) is 30.6. The van der Waals surface area contributed by atoms with E-state index in [4.69, 9.17) is 14.2 Å². The molecular formula is C73H108O6. The molecule has 0 spiro atoms. The van der Waals surface area contributed by atoms with E-state index in [9.17, 15) is 14.4 Å². The molecule has 0 fully saturated rings. The lowest BCUT2D eigenvalue weighted by molar-refractivity contribution is -0.166. The molecule has 0 radical (unpaired) electrons. The fourth-order valence-electron chi connectivity index (χ4n) is 7.33. The maximum Gasteiger partial charge on any atom is 0.306 e. The second-order valence-electron chi connectivity index (χ2n) is 19.1. The third kappa shape index (κ3) is 62.7. The van der Waals surface area contributed by atoms with Gasteiger partial charge in [0.05, 0.1) is 0 Å². The zero-order valence-electron chi connectivity index (χ0n) is 49.8. The highest BCUT2D eigenvalue weighted by atomic mass is 16.6. The van der Waals surface area contributed by atoms with Gasteiger partial charge in [-0.3, -0.25) is 14.4 Å². The first-order valence-corrected chi connectivity index (χ1v) is 30.6. The summed E-state index contributed by atoms with van der Waals surface area (Å²) >= 11 is 0. The lowest BCUT2D eigenvalue weighted by Crippen LogP contribution is -2.30. The molecular weight excluding hydrogens is 973 g/mol. The molecule has 6 heteroatoms. The van der Waals surface area contributed by atoms with Crippen LogP contribution in [-0.2, 0) is 28.6 Å². The Kier molecular flexibility index (Phi) is 59.6. The highest BCUT2D eigenvalue weighted by Gasteiger charge is 2.19. The van der Waals surface area contributed by atoms with Gasteiger partial charge in [-0.2, -0.15) is 0 Å². The Bertz CT molecular complexity index is 1960. The van der Waals surface area contributed by atoms with Gasteiger partial charge < -0.3 is 14.2 Å². The standard InChI is InChI=1S/C73H108O6/c1-4-7-10-13-16-19-22-25-27-29-31-33-35-36-38-39-41-43-45-48-51-54-57-60-63-66-72(75)78-69-70(68-77-71(74)65-62-59-56-53-50-47-24-21-18-15-12-9-6-3)79-73(76)67-64-61-58-55-52-49-46-44-42-40-37-34-32-30-28-26-23-20-17-14-11-8-5-2/h7-12,16-21,25-28,31-34,36,38,40-43,46-47,49-50,55-56,58-59,70H,4-6,13-15,22-24,29-30,35,37,39,44-45,48,51-54,57,60-69H2,1-3H3/b10-7-,11-8-,12-9-,19-16-,20-17-,21-18-,27-25-,28-26-,33-31-,34-32-,38-36-,42-40-,43-41-,49-46-,50-47-,58-55-,59-56-. The van der Waals surface area contributed by atoms with Gasteiger partial charge >= 0.3 is 17.9 Å². The van der Waals surface area contributed by atoms with Crippen molar-refractivity contribution in [2.75, 3.05) is 13.2 Å². The number of hydrogen-bond acceptors (Lipinski definition) is 6. The van der Waals surface area contributed by atoms with Crippen LogP contribution in [0.4, 0.5) is 0 Å². The van der Waals surface area contributed by atoms with Gasteiger partial charge in [0.15, 0.2) is 6.10 Å². The second kappa shape index (κ2) is 64.5. The van der Waals surface area contributed by atoms with E-state index in [1.165, 1.54) is 12.8 Å². The number of carbonyl (C=O) groups excluding carboxylic acids is 3. The Hall–Kier alpha value is -6.01. The summed E-state index contributed by atoms with van der Waals surface area (Å²) in [5.41, 5.74) is 0. The number of rotatable bonds is 52. The van der Waals surface area contributed by atoms with Crippen molar-refractivity contribution < 1.29 is 28.6 Å². The zero-order valence-corrected chi connectivity index (χ0v) is 49.8. The predicted molar refractivity (Wildman–Crippen MR) is 343 cm³/mol. The van der Waals surface area contributed by atoms with Gasteiger partial charge in [0, 0.05) is 19.3 Å². The minimum atomic E-state index is -0.859. The maximum absolute atomic E-state index is 12.9. The summed E-state index contributed by atoms with van der Waals surface area (Å²) in [6.07, 6.45) is 99.9. The molecule has 0 aromatic rings. The largest absolute Gasteiger partial charge is 0.462 e. The molecule has 0 aliphatic heterocycles. The van der Waals surface area contributed by atoms with Gasteiger partial charge in [-0.25, -0.2) is 0 Å². The maximum atomic E-state index is 12.9. The molecule has 1 atom stereocenters. The molecule has 0 rings (SSSR count). The van der Waals surface area contributed by atoms with E-state index < -0.39 is 12.1 Å². The van der Waals surface area contributed by atoms with Crippen LogP contribution in [0.3, 0.4) is 0 Å². The van der Waals surface area contributed by atoms with Crippen molar-refractivity contribution >= 4 is 17.9 Å². The zero-order chi connectivity index (χ0) is 57.1. The van der Waals surface area contributed by atoms with Crippen LogP contribution >= 0.6 is 0 Å². The van der Waals surface area contributed by atoms with Gasteiger partial charge in [0.25, 0.3) is 0 Å².